The molecule has 0 fully saturated rings. The number of rotatable bonds is 4. The van der Waals surface area contributed by atoms with Crippen molar-refractivity contribution in [3.8, 4) is 0 Å². The first-order valence-electron chi connectivity index (χ1n) is 6.78. The highest BCUT2D eigenvalue weighted by Crippen LogP contribution is 2.27. The van der Waals surface area contributed by atoms with Gasteiger partial charge in [0, 0.05) is 5.02 Å². The molecule has 0 radical (unpaired) electrons. The third kappa shape index (κ3) is 3.20. The van der Waals surface area contributed by atoms with Crippen LogP contribution in [-0.2, 0) is 0 Å². The standard InChI is InChI=1S/C17H19ClFN/c1-4-20-17(13-5-7-15(18)11(2)9-13)14-6-8-16(19)12(3)10-14/h5-10,17,20H,4H2,1-3H3. The monoisotopic (exact) mass is 291 g/mol. The van der Waals surface area contributed by atoms with Crippen molar-refractivity contribution in [2.75, 3.05) is 6.54 Å². The van der Waals surface area contributed by atoms with Crippen LogP contribution in [0, 0.1) is 19.7 Å². The Morgan fingerprint density at radius 2 is 1.65 bits per heavy atom. The lowest BCUT2D eigenvalue weighted by Gasteiger charge is -2.20. The van der Waals surface area contributed by atoms with Crippen molar-refractivity contribution in [1.29, 1.82) is 0 Å². The van der Waals surface area contributed by atoms with Crippen molar-refractivity contribution in [2.45, 2.75) is 26.8 Å². The molecule has 0 heterocycles. The maximum atomic E-state index is 13.4. The fraction of sp³-hybridized carbons (Fsp3) is 0.294. The number of hydrogen-bond donors (Lipinski definition) is 1. The fourth-order valence-electron chi connectivity index (χ4n) is 2.33. The molecule has 0 amide bonds. The van der Waals surface area contributed by atoms with Gasteiger partial charge in [-0.05, 0) is 54.8 Å². The molecule has 0 saturated carbocycles. The minimum atomic E-state index is -0.170. The van der Waals surface area contributed by atoms with Gasteiger partial charge in [0.2, 0.25) is 0 Å². The molecule has 1 unspecified atom stereocenters. The van der Waals surface area contributed by atoms with Crippen molar-refractivity contribution >= 4 is 11.6 Å². The van der Waals surface area contributed by atoms with Crippen LogP contribution in [0.5, 0.6) is 0 Å². The van der Waals surface area contributed by atoms with Crippen molar-refractivity contribution in [3.63, 3.8) is 0 Å². The van der Waals surface area contributed by atoms with Crippen LogP contribution >= 0.6 is 11.6 Å². The lowest BCUT2D eigenvalue weighted by molar-refractivity contribution is 0.606. The lowest BCUT2D eigenvalue weighted by Crippen LogP contribution is -2.22. The Labute approximate surface area is 124 Å². The van der Waals surface area contributed by atoms with E-state index in [-0.39, 0.29) is 11.9 Å². The quantitative estimate of drug-likeness (QED) is 0.853. The summed E-state index contributed by atoms with van der Waals surface area (Å²) in [4.78, 5) is 0. The molecule has 2 aromatic rings. The Morgan fingerprint density at radius 3 is 2.20 bits per heavy atom. The van der Waals surface area contributed by atoms with E-state index in [1.165, 1.54) is 6.07 Å². The van der Waals surface area contributed by atoms with Gasteiger partial charge in [-0.15, -0.1) is 0 Å². The Bertz CT molecular complexity index is 558. The Morgan fingerprint density at radius 1 is 1.05 bits per heavy atom. The summed E-state index contributed by atoms with van der Waals surface area (Å²) in [5.41, 5.74) is 3.91. The zero-order valence-corrected chi connectivity index (χ0v) is 12.8. The second-order valence-corrected chi connectivity index (χ2v) is 5.42. The maximum absolute atomic E-state index is 13.4. The van der Waals surface area contributed by atoms with Crippen molar-refractivity contribution in [1.82, 2.24) is 5.32 Å². The molecule has 1 nitrogen and oxygen atoms in total. The number of benzene rings is 2. The van der Waals surface area contributed by atoms with E-state index < -0.39 is 0 Å². The van der Waals surface area contributed by atoms with Gasteiger partial charge in [0.15, 0.2) is 0 Å². The van der Waals surface area contributed by atoms with Crippen LogP contribution in [0.2, 0.25) is 5.02 Å². The summed E-state index contributed by atoms with van der Waals surface area (Å²) in [6, 6.07) is 11.3. The Kier molecular flexibility index (Phi) is 4.79. The van der Waals surface area contributed by atoms with E-state index in [0.29, 0.717) is 5.56 Å². The van der Waals surface area contributed by atoms with E-state index in [0.717, 1.165) is 28.3 Å². The SMILES string of the molecule is CCNC(c1ccc(F)c(C)c1)c1ccc(Cl)c(C)c1. The second-order valence-electron chi connectivity index (χ2n) is 5.01. The van der Waals surface area contributed by atoms with Gasteiger partial charge in [-0.25, -0.2) is 4.39 Å². The van der Waals surface area contributed by atoms with Crippen molar-refractivity contribution in [2.24, 2.45) is 0 Å². The highest BCUT2D eigenvalue weighted by Gasteiger charge is 2.14. The smallest absolute Gasteiger partial charge is 0.126 e. The van der Waals surface area contributed by atoms with Crippen LogP contribution in [0.4, 0.5) is 4.39 Å². The van der Waals surface area contributed by atoms with Crippen molar-refractivity contribution in [3.05, 3.63) is 69.5 Å². The van der Waals surface area contributed by atoms with E-state index in [2.05, 4.69) is 18.3 Å². The third-order valence-electron chi connectivity index (χ3n) is 3.44. The number of halogens is 2. The maximum Gasteiger partial charge on any atom is 0.126 e. The molecular formula is C17H19ClFN. The van der Waals surface area contributed by atoms with Crippen LogP contribution in [0.25, 0.3) is 0 Å². The van der Waals surface area contributed by atoms with Gasteiger partial charge in [-0.3, -0.25) is 0 Å². The third-order valence-corrected chi connectivity index (χ3v) is 3.86. The van der Waals surface area contributed by atoms with Crippen LogP contribution < -0.4 is 5.32 Å². The van der Waals surface area contributed by atoms with Gasteiger partial charge in [-0.1, -0.05) is 42.8 Å². The van der Waals surface area contributed by atoms with Crippen molar-refractivity contribution < 1.29 is 4.39 Å². The van der Waals surface area contributed by atoms with E-state index in [1.807, 2.05) is 31.2 Å². The minimum Gasteiger partial charge on any atom is -0.307 e. The summed E-state index contributed by atoms with van der Waals surface area (Å²) >= 11 is 6.08. The molecule has 0 spiro atoms. The fourth-order valence-corrected chi connectivity index (χ4v) is 2.44. The molecule has 0 aliphatic heterocycles. The second kappa shape index (κ2) is 6.38. The Balaban J connectivity index is 2.44. The first kappa shape index (κ1) is 15.0. The van der Waals surface area contributed by atoms with Gasteiger partial charge >= 0.3 is 0 Å². The molecule has 1 atom stereocenters. The van der Waals surface area contributed by atoms with Crippen LogP contribution in [0.15, 0.2) is 36.4 Å². The zero-order valence-electron chi connectivity index (χ0n) is 12.0. The summed E-state index contributed by atoms with van der Waals surface area (Å²) in [5.74, 6) is -0.170. The summed E-state index contributed by atoms with van der Waals surface area (Å²) in [6.07, 6.45) is 0. The molecular weight excluding hydrogens is 273 g/mol. The van der Waals surface area contributed by atoms with Crippen LogP contribution in [-0.4, -0.2) is 6.54 Å². The van der Waals surface area contributed by atoms with Gasteiger partial charge in [0.1, 0.15) is 5.82 Å². The van der Waals surface area contributed by atoms with Crippen LogP contribution in [0.3, 0.4) is 0 Å². The molecule has 2 rings (SSSR count). The molecule has 1 N–H and O–H groups in total. The first-order chi connectivity index (χ1) is 9.52. The molecule has 0 aromatic heterocycles. The summed E-state index contributed by atoms with van der Waals surface area (Å²) in [5, 5.41) is 4.21. The van der Waals surface area contributed by atoms with Gasteiger partial charge in [-0.2, -0.15) is 0 Å². The summed E-state index contributed by atoms with van der Waals surface area (Å²) in [7, 11) is 0. The Hall–Kier alpha value is -1.38. The molecule has 0 saturated heterocycles. The highest BCUT2D eigenvalue weighted by atomic mass is 35.5. The summed E-state index contributed by atoms with van der Waals surface area (Å²) in [6.45, 7) is 6.68. The average Bonchev–Trinajstić information content (AvgIpc) is 2.43. The van der Waals surface area contributed by atoms with Gasteiger partial charge in [0.05, 0.1) is 6.04 Å². The highest BCUT2D eigenvalue weighted by molar-refractivity contribution is 6.31. The average molecular weight is 292 g/mol. The normalized spacial score (nSPS) is 12.4. The number of hydrogen-bond acceptors (Lipinski definition) is 1. The lowest BCUT2D eigenvalue weighted by atomic mass is 9.96. The molecule has 2 aromatic carbocycles. The minimum absolute atomic E-state index is 0.0512. The predicted molar refractivity (Wildman–Crippen MR) is 82.8 cm³/mol. The van der Waals surface area contributed by atoms with Gasteiger partial charge in [0.25, 0.3) is 0 Å². The first-order valence-corrected chi connectivity index (χ1v) is 7.16. The van der Waals surface area contributed by atoms with E-state index in [9.17, 15) is 4.39 Å². The molecule has 0 bridgehead atoms. The van der Waals surface area contributed by atoms with Gasteiger partial charge < -0.3 is 5.32 Å². The number of aryl methyl sites for hydroxylation is 2. The number of nitrogens with one attached hydrogen (secondary N) is 1. The topological polar surface area (TPSA) is 12.0 Å². The molecule has 0 aliphatic carbocycles. The van der Waals surface area contributed by atoms with E-state index in [4.69, 9.17) is 11.6 Å². The zero-order chi connectivity index (χ0) is 14.7. The summed E-state index contributed by atoms with van der Waals surface area (Å²) < 4.78 is 13.4. The molecule has 106 valence electrons. The van der Waals surface area contributed by atoms with E-state index >= 15 is 0 Å². The van der Waals surface area contributed by atoms with Crippen LogP contribution in [0.1, 0.15) is 35.2 Å². The molecule has 3 heteroatoms. The predicted octanol–water partition coefficient (Wildman–Crippen LogP) is 4.79. The van der Waals surface area contributed by atoms with E-state index in [1.54, 1.807) is 6.92 Å². The molecule has 20 heavy (non-hydrogen) atoms. The molecule has 0 aliphatic rings. The largest absolute Gasteiger partial charge is 0.307 e.